The van der Waals surface area contributed by atoms with E-state index in [1.165, 1.54) is 34.6 Å². The van der Waals surface area contributed by atoms with E-state index >= 15 is 0 Å². The van der Waals surface area contributed by atoms with Gasteiger partial charge in [0.05, 0.1) is 0 Å². The zero-order valence-electron chi connectivity index (χ0n) is 30.0. The molecule has 0 saturated carbocycles. The molecule has 0 bridgehead atoms. The maximum atomic E-state index is 5.85. The van der Waals surface area contributed by atoms with Crippen molar-refractivity contribution >= 4 is 34.6 Å². The summed E-state index contributed by atoms with van der Waals surface area (Å²) in [5.74, 6) is 3.83. The van der Waals surface area contributed by atoms with E-state index in [2.05, 4.69) is 43.5 Å². The second-order valence-electron chi connectivity index (χ2n) is 12.7. The molecule has 4 aromatic carbocycles. The Balaban J connectivity index is 1.03. The molecule has 15 nitrogen and oxygen atoms in total. The standard InChI is InChI=1S/C39H24N12O3S3/c1-19-40-34(49-55-19)25-10-4-7-22(13-25)31-43-37(52-46-31)28-16-29(38-44-32(47-53-38)23-8-5-11-26(14-23)35-41-20(2)56-50-35)18-30(17-28)39-45-33(48-54-39)24-9-6-12-27(15-24)36-42-21(3)57-51-36/h4-18H,1-3H3. The zero-order valence-corrected chi connectivity index (χ0v) is 32.4. The van der Waals surface area contributed by atoms with Gasteiger partial charge in [0.2, 0.25) is 17.5 Å². The topological polar surface area (TPSA) is 194 Å². The van der Waals surface area contributed by atoms with Gasteiger partial charge >= 0.3 is 0 Å². The van der Waals surface area contributed by atoms with E-state index in [0.717, 1.165) is 48.4 Å². The van der Waals surface area contributed by atoms with Crippen molar-refractivity contribution in [1.82, 2.24) is 58.5 Å². The Morgan fingerprint density at radius 2 is 0.596 bits per heavy atom. The first-order valence-electron chi connectivity index (χ1n) is 17.3. The molecule has 10 rings (SSSR count). The lowest BCUT2D eigenvalue weighted by molar-refractivity contribution is 0.429. The van der Waals surface area contributed by atoms with Crippen LogP contribution in [0.2, 0.25) is 0 Å². The molecule has 10 aromatic rings. The first-order chi connectivity index (χ1) is 27.9. The summed E-state index contributed by atoms with van der Waals surface area (Å²) in [6.07, 6.45) is 0. The lowest BCUT2D eigenvalue weighted by Crippen LogP contribution is -1.88. The van der Waals surface area contributed by atoms with Crippen LogP contribution in [-0.2, 0) is 0 Å². The number of aryl methyl sites for hydroxylation is 3. The number of aromatic nitrogens is 12. The van der Waals surface area contributed by atoms with E-state index in [4.69, 9.17) is 28.5 Å². The predicted octanol–water partition coefficient (Wildman–Crippen LogP) is 9.32. The first kappa shape index (κ1) is 34.5. The minimum Gasteiger partial charge on any atom is -0.334 e. The second kappa shape index (κ2) is 14.2. The Morgan fingerprint density at radius 3 is 0.860 bits per heavy atom. The molecule has 0 fully saturated rings. The van der Waals surface area contributed by atoms with E-state index < -0.39 is 0 Å². The Labute approximate surface area is 334 Å². The smallest absolute Gasteiger partial charge is 0.258 e. The van der Waals surface area contributed by atoms with Crippen LogP contribution in [0.4, 0.5) is 0 Å². The van der Waals surface area contributed by atoms with Gasteiger partial charge in [0.25, 0.3) is 17.7 Å². The fraction of sp³-hybridized carbons (Fsp3) is 0.0769. The molecule has 0 aliphatic rings. The molecule has 0 aliphatic heterocycles. The van der Waals surface area contributed by atoms with E-state index in [0.29, 0.717) is 51.6 Å². The summed E-state index contributed by atoms with van der Waals surface area (Å²) < 4.78 is 30.9. The Kier molecular flexibility index (Phi) is 8.61. The first-order valence-corrected chi connectivity index (χ1v) is 19.6. The normalized spacial score (nSPS) is 11.4. The lowest BCUT2D eigenvalue weighted by Gasteiger charge is -2.03. The van der Waals surface area contributed by atoms with Crippen LogP contribution >= 0.6 is 34.6 Å². The summed E-state index contributed by atoms with van der Waals surface area (Å²) in [5, 5.41) is 15.6. The van der Waals surface area contributed by atoms with Crippen LogP contribution in [0, 0.1) is 20.8 Å². The molecule has 18 heteroatoms. The summed E-state index contributed by atoms with van der Waals surface area (Å²) in [7, 11) is 0. The molecule has 57 heavy (non-hydrogen) atoms. The fourth-order valence-corrected chi connectivity index (χ4v) is 7.49. The maximum absolute atomic E-state index is 5.85. The van der Waals surface area contributed by atoms with Crippen molar-refractivity contribution in [2.75, 3.05) is 0 Å². The minimum atomic E-state index is 0.248. The maximum Gasteiger partial charge on any atom is 0.258 e. The SMILES string of the molecule is Cc1nc(-c2cccc(-c3noc(-c4cc(-c5nc(-c6cccc(-c7nsc(C)n7)c6)no5)cc(-c5nc(-c6cccc(-c7nsc(C)n7)c6)no5)c4)n3)c2)ns1. The van der Waals surface area contributed by atoms with E-state index in [1.807, 2.05) is 112 Å². The molecular formula is C39H24N12O3S3. The summed E-state index contributed by atoms with van der Waals surface area (Å²) >= 11 is 4.04. The van der Waals surface area contributed by atoms with Gasteiger partial charge in [0.1, 0.15) is 15.0 Å². The molecule has 0 amide bonds. The van der Waals surface area contributed by atoms with Crippen molar-refractivity contribution in [1.29, 1.82) is 0 Å². The quantitative estimate of drug-likeness (QED) is 0.134. The molecule has 0 atom stereocenters. The van der Waals surface area contributed by atoms with Gasteiger partial charge in [-0.15, -0.1) is 0 Å². The van der Waals surface area contributed by atoms with Gasteiger partial charge < -0.3 is 13.6 Å². The van der Waals surface area contributed by atoms with Crippen molar-refractivity contribution < 1.29 is 13.6 Å². The van der Waals surface area contributed by atoms with Gasteiger partial charge in [-0.1, -0.05) is 70.1 Å². The lowest BCUT2D eigenvalue weighted by atomic mass is 10.0. The summed E-state index contributed by atoms with van der Waals surface area (Å²) in [6, 6.07) is 28.5. The van der Waals surface area contributed by atoms with Gasteiger partial charge in [0, 0.05) is 50.1 Å². The highest BCUT2D eigenvalue weighted by Crippen LogP contribution is 2.35. The monoisotopic (exact) mass is 804 g/mol. The average molecular weight is 805 g/mol. The third-order valence-corrected chi connectivity index (χ3v) is 10.5. The Morgan fingerprint density at radius 1 is 0.333 bits per heavy atom. The van der Waals surface area contributed by atoms with E-state index in [-0.39, 0.29) is 17.7 Å². The summed E-state index contributed by atoms with van der Waals surface area (Å²) in [6.45, 7) is 5.76. The van der Waals surface area contributed by atoms with Crippen LogP contribution in [0.15, 0.2) is 105 Å². The van der Waals surface area contributed by atoms with Gasteiger partial charge in [-0.3, -0.25) is 0 Å². The van der Waals surface area contributed by atoms with Gasteiger partial charge in [0.15, 0.2) is 17.5 Å². The van der Waals surface area contributed by atoms with Crippen LogP contribution in [0.5, 0.6) is 0 Å². The molecule has 0 unspecified atom stereocenters. The molecule has 6 aromatic heterocycles. The van der Waals surface area contributed by atoms with Crippen LogP contribution in [0.3, 0.4) is 0 Å². The molecule has 0 spiro atoms. The van der Waals surface area contributed by atoms with Crippen molar-refractivity contribution in [3.63, 3.8) is 0 Å². The highest BCUT2D eigenvalue weighted by molar-refractivity contribution is 7.06. The highest BCUT2D eigenvalue weighted by atomic mass is 32.1. The Hall–Kier alpha value is -7.02. The number of rotatable bonds is 9. The van der Waals surface area contributed by atoms with Crippen LogP contribution in [0.1, 0.15) is 15.0 Å². The molecule has 0 saturated heterocycles. The number of hydrogen-bond donors (Lipinski definition) is 0. The van der Waals surface area contributed by atoms with Crippen molar-refractivity contribution in [2.24, 2.45) is 0 Å². The fourth-order valence-electron chi connectivity index (χ4n) is 6.01. The zero-order chi connectivity index (χ0) is 38.5. The van der Waals surface area contributed by atoms with Crippen molar-refractivity contribution in [3.8, 4) is 103 Å². The third-order valence-electron chi connectivity index (χ3n) is 8.67. The average Bonchev–Trinajstić information content (AvgIpc) is 4.10. The molecule has 276 valence electrons. The third kappa shape index (κ3) is 6.92. The largest absolute Gasteiger partial charge is 0.334 e. The molecular weight excluding hydrogens is 781 g/mol. The minimum absolute atomic E-state index is 0.248. The second-order valence-corrected chi connectivity index (χ2v) is 15.6. The Bertz CT molecular complexity index is 2730. The van der Waals surface area contributed by atoms with Crippen LogP contribution in [-0.4, -0.2) is 58.5 Å². The molecule has 6 heterocycles. The van der Waals surface area contributed by atoms with Gasteiger partial charge in [-0.25, -0.2) is 15.0 Å². The van der Waals surface area contributed by atoms with Crippen molar-refractivity contribution in [3.05, 3.63) is 106 Å². The highest BCUT2D eigenvalue weighted by Gasteiger charge is 2.21. The number of nitrogens with zero attached hydrogens (tertiary/aromatic N) is 12. The van der Waals surface area contributed by atoms with E-state index in [1.54, 1.807) is 0 Å². The van der Waals surface area contributed by atoms with E-state index in [9.17, 15) is 0 Å². The van der Waals surface area contributed by atoms with Crippen LogP contribution < -0.4 is 0 Å². The van der Waals surface area contributed by atoms with Crippen LogP contribution in [0.25, 0.3) is 103 Å². The van der Waals surface area contributed by atoms with Gasteiger partial charge in [-0.2, -0.15) is 28.1 Å². The number of hydrogen-bond acceptors (Lipinski definition) is 18. The molecule has 0 N–H and O–H groups in total. The van der Waals surface area contributed by atoms with Gasteiger partial charge in [-0.05, 0) is 91.8 Å². The predicted molar refractivity (Wildman–Crippen MR) is 214 cm³/mol. The number of benzene rings is 4. The summed E-state index contributed by atoms with van der Waals surface area (Å²) in [4.78, 5) is 27.9. The molecule has 0 radical (unpaired) electrons. The van der Waals surface area contributed by atoms with Crippen molar-refractivity contribution in [2.45, 2.75) is 20.8 Å². The summed E-state index contributed by atoms with van der Waals surface area (Å²) in [5.41, 5.74) is 6.45. The molecule has 0 aliphatic carbocycles.